The predicted octanol–water partition coefficient (Wildman–Crippen LogP) is 1.66. The van der Waals surface area contributed by atoms with Crippen LogP contribution in [0.4, 0.5) is 5.69 Å². The number of nitrogens with one attached hydrogen (secondary N) is 1. The summed E-state index contributed by atoms with van der Waals surface area (Å²) in [7, 11) is -4.67. The van der Waals surface area contributed by atoms with Crippen LogP contribution in [-0.4, -0.2) is 17.5 Å². The third-order valence-electron chi connectivity index (χ3n) is 1.94. The van der Waals surface area contributed by atoms with Gasteiger partial charge in [0.2, 0.25) is 0 Å². The van der Waals surface area contributed by atoms with Crippen molar-refractivity contribution >= 4 is 16.1 Å². The van der Waals surface area contributed by atoms with Crippen molar-refractivity contribution in [3.63, 3.8) is 0 Å². The number of hydrogen-bond acceptors (Lipinski definition) is 4. The van der Waals surface area contributed by atoms with Gasteiger partial charge in [0, 0.05) is 5.69 Å². The first-order valence-electron chi connectivity index (χ1n) is 5.12. The fourth-order valence-corrected chi connectivity index (χ4v) is 1.15. The highest BCUT2D eigenvalue weighted by Crippen LogP contribution is 2.10. The largest absolute Gasteiger partial charge is 0.394 e. The van der Waals surface area contributed by atoms with Crippen LogP contribution in [0.5, 0.6) is 0 Å². The van der Waals surface area contributed by atoms with Gasteiger partial charge in [0.15, 0.2) is 0 Å². The summed E-state index contributed by atoms with van der Waals surface area (Å²) in [5.41, 5.74) is 4.96. The molecule has 7 heteroatoms. The lowest BCUT2D eigenvalue weighted by Gasteiger charge is -2.02. The summed E-state index contributed by atoms with van der Waals surface area (Å²) in [5, 5.41) is 0. The van der Waals surface area contributed by atoms with Gasteiger partial charge in [0.05, 0.1) is 0 Å². The van der Waals surface area contributed by atoms with Gasteiger partial charge >= 0.3 is 10.4 Å². The SMILES string of the molecule is CCCCc1ccc(NN)cc1.O=S(=O)(O)O. The van der Waals surface area contributed by atoms with Crippen molar-refractivity contribution in [2.24, 2.45) is 5.84 Å². The van der Waals surface area contributed by atoms with E-state index in [1.807, 2.05) is 12.1 Å². The summed E-state index contributed by atoms with van der Waals surface area (Å²) in [6, 6.07) is 8.24. The molecule has 1 aromatic rings. The van der Waals surface area contributed by atoms with Crippen LogP contribution >= 0.6 is 0 Å². The number of hydrazine groups is 1. The van der Waals surface area contributed by atoms with E-state index in [0.717, 1.165) is 5.69 Å². The first kappa shape index (κ1) is 15.9. The van der Waals surface area contributed by atoms with Crippen LogP contribution in [0, 0.1) is 0 Å². The fraction of sp³-hybridized carbons (Fsp3) is 0.400. The van der Waals surface area contributed by atoms with Crippen molar-refractivity contribution in [3.05, 3.63) is 29.8 Å². The number of nitrogen functional groups attached to an aromatic ring is 1. The Hall–Kier alpha value is -1.15. The second kappa shape index (κ2) is 8.02. The Labute approximate surface area is 101 Å². The van der Waals surface area contributed by atoms with Crippen LogP contribution in [0.15, 0.2) is 24.3 Å². The number of nitrogens with two attached hydrogens (primary N) is 1. The maximum absolute atomic E-state index is 8.74. The first-order valence-corrected chi connectivity index (χ1v) is 6.52. The van der Waals surface area contributed by atoms with Crippen molar-refractivity contribution in [2.45, 2.75) is 26.2 Å². The number of hydrogen-bond donors (Lipinski definition) is 4. The molecule has 5 N–H and O–H groups in total. The zero-order chi connectivity index (χ0) is 13.3. The molecule has 0 fully saturated rings. The molecule has 0 spiro atoms. The van der Waals surface area contributed by atoms with E-state index in [4.69, 9.17) is 23.4 Å². The molecule has 0 bridgehead atoms. The molecule has 6 nitrogen and oxygen atoms in total. The van der Waals surface area contributed by atoms with E-state index in [1.165, 1.54) is 24.8 Å². The van der Waals surface area contributed by atoms with E-state index >= 15 is 0 Å². The molecule has 0 aliphatic heterocycles. The van der Waals surface area contributed by atoms with E-state index in [0.29, 0.717) is 0 Å². The van der Waals surface area contributed by atoms with E-state index in [-0.39, 0.29) is 0 Å². The molecule has 0 aliphatic rings. The Bertz CT molecular complexity index is 395. The highest BCUT2D eigenvalue weighted by molar-refractivity contribution is 7.79. The van der Waals surface area contributed by atoms with Crippen molar-refractivity contribution in [1.82, 2.24) is 0 Å². The lowest BCUT2D eigenvalue weighted by Crippen LogP contribution is -2.06. The summed E-state index contributed by atoms with van der Waals surface area (Å²) in [5.74, 6) is 5.25. The van der Waals surface area contributed by atoms with Crippen molar-refractivity contribution in [1.29, 1.82) is 0 Å². The molecule has 0 amide bonds. The molecule has 98 valence electrons. The maximum Gasteiger partial charge on any atom is 0.394 e. The average Bonchev–Trinajstić information content (AvgIpc) is 2.25. The van der Waals surface area contributed by atoms with Crippen LogP contribution < -0.4 is 11.3 Å². The zero-order valence-corrected chi connectivity index (χ0v) is 10.4. The summed E-state index contributed by atoms with van der Waals surface area (Å²) in [4.78, 5) is 0. The monoisotopic (exact) mass is 262 g/mol. The Morgan fingerprint density at radius 1 is 1.24 bits per heavy atom. The van der Waals surface area contributed by atoms with Crippen LogP contribution in [0.3, 0.4) is 0 Å². The van der Waals surface area contributed by atoms with Gasteiger partial charge < -0.3 is 5.43 Å². The van der Waals surface area contributed by atoms with E-state index in [2.05, 4.69) is 24.5 Å². The lowest BCUT2D eigenvalue weighted by molar-refractivity contribution is 0.381. The predicted molar refractivity (Wildman–Crippen MR) is 67.0 cm³/mol. The number of benzene rings is 1. The van der Waals surface area contributed by atoms with Gasteiger partial charge in [-0.2, -0.15) is 8.42 Å². The van der Waals surface area contributed by atoms with Crippen molar-refractivity contribution < 1.29 is 17.5 Å². The minimum atomic E-state index is -4.67. The van der Waals surface area contributed by atoms with Crippen LogP contribution in [-0.2, 0) is 16.8 Å². The average molecular weight is 262 g/mol. The Balaban J connectivity index is 0.000000437. The number of aryl methyl sites for hydroxylation is 1. The zero-order valence-electron chi connectivity index (χ0n) is 9.63. The highest BCUT2D eigenvalue weighted by atomic mass is 32.3. The van der Waals surface area contributed by atoms with Crippen molar-refractivity contribution in [2.75, 3.05) is 5.43 Å². The van der Waals surface area contributed by atoms with Crippen LogP contribution in [0.2, 0.25) is 0 Å². The smallest absolute Gasteiger partial charge is 0.324 e. The van der Waals surface area contributed by atoms with E-state index < -0.39 is 10.4 Å². The summed E-state index contributed by atoms with van der Waals surface area (Å²) >= 11 is 0. The summed E-state index contributed by atoms with van der Waals surface area (Å²) < 4.78 is 31.6. The molecule has 0 aliphatic carbocycles. The molecule has 1 rings (SSSR count). The fourth-order valence-electron chi connectivity index (χ4n) is 1.15. The second-order valence-corrected chi connectivity index (χ2v) is 4.29. The Kier molecular flexibility index (Phi) is 7.47. The third kappa shape index (κ3) is 11.1. The first-order chi connectivity index (χ1) is 7.86. The minimum Gasteiger partial charge on any atom is -0.324 e. The topological polar surface area (TPSA) is 113 Å². The van der Waals surface area contributed by atoms with Gasteiger partial charge in [-0.3, -0.25) is 14.9 Å². The quantitative estimate of drug-likeness (QED) is 0.373. The summed E-state index contributed by atoms with van der Waals surface area (Å²) in [6.45, 7) is 2.20. The lowest BCUT2D eigenvalue weighted by atomic mass is 10.1. The molecule has 0 aromatic heterocycles. The van der Waals surface area contributed by atoms with Crippen LogP contribution in [0.1, 0.15) is 25.3 Å². The van der Waals surface area contributed by atoms with Crippen LogP contribution in [0.25, 0.3) is 0 Å². The van der Waals surface area contributed by atoms with Gasteiger partial charge in [-0.15, -0.1) is 0 Å². The van der Waals surface area contributed by atoms with Gasteiger partial charge in [0.1, 0.15) is 0 Å². The van der Waals surface area contributed by atoms with Gasteiger partial charge in [-0.25, -0.2) is 0 Å². The molecule has 0 radical (unpaired) electrons. The van der Waals surface area contributed by atoms with E-state index in [9.17, 15) is 0 Å². The Morgan fingerprint density at radius 2 is 1.71 bits per heavy atom. The molecule has 0 atom stereocenters. The highest BCUT2D eigenvalue weighted by Gasteiger charge is 1.91. The minimum absolute atomic E-state index is 0.968. The molecule has 0 saturated carbocycles. The van der Waals surface area contributed by atoms with Gasteiger partial charge in [-0.05, 0) is 30.5 Å². The third-order valence-corrected chi connectivity index (χ3v) is 1.94. The normalized spacial score (nSPS) is 10.4. The van der Waals surface area contributed by atoms with Gasteiger partial charge in [-0.1, -0.05) is 25.5 Å². The van der Waals surface area contributed by atoms with Crippen molar-refractivity contribution in [3.8, 4) is 0 Å². The molecule has 17 heavy (non-hydrogen) atoms. The number of anilines is 1. The second-order valence-electron chi connectivity index (χ2n) is 3.39. The molecular weight excluding hydrogens is 244 g/mol. The number of rotatable bonds is 4. The molecule has 0 unspecified atom stereocenters. The summed E-state index contributed by atoms with van der Waals surface area (Å²) in [6.07, 6.45) is 3.67. The standard InChI is InChI=1S/C10H16N2.H2O4S/c1-2-3-4-9-5-7-10(12-11)8-6-9;1-5(2,3)4/h5-8,12H,2-4,11H2,1H3;(H2,1,2,3,4). The van der Waals surface area contributed by atoms with E-state index in [1.54, 1.807) is 0 Å². The Morgan fingerprint density at radius 3 is 2.06 bits per heavy atom. The molecule has 0 saturated heterocycles. The van der Waals surface area contributed by atoms with Gasteiger partial charge in [0.25, 0.3) is 0 Å². The molecule has 1 aromatic carbocycles. The molecular formula is C10H18N2O4S. The number of unbranched alkanes of at least 4 members (excludes halogenated alkanes) is 1. The molecule has 0 heterocycles. The maximum atomic E-state index is 8.74.